The SMILES string of the molecule is O[C@@H]1[C@@H](O)[C@@H](Oc2ccc(-c3cccnc3Cl)nc2)SC[C@H]1O. The molecule has 0 aliphatic carbocycles. The number of halogens is 1. The lowest BCUT2D eigenvalue weighted by atomic mass is 10.1. The number of aliphatic hydroxyl groups is 3. The van der Waals surface area contributed by atoms with Gasteiger partial charge in [-0.15, -0.1) is 11.8 Å². The predicted octanol–water partition coefficient (Wildman–Crippen LogP) is 1.33. The molecule has 0 radical (unpaired) electrons. The van der Waals surface area contributed by atoms with Gasteiger partial charge in [-0.2, -0.15) is 0 Å². The zero-order valence-electron chi connectivity index (χ0n) is 11.9. The molecule has 122 valence electrons. The maximum absolute atomic E-state index is 9.94. The summed E-state index contributed by atoms with van der Waals surface area (Å²) in [6, 6.07) is 7.03. The lowest BCUT2D eigenvalue weighted by Crippen LogP contribution is -2.50. The van der Waals surface area contributed by atoms with E-state index in [0.29, 0.717) is 27.9 Å². The molecule has 3 heterocycles. The zero-order valence-corrected chi connectivity index (χ0v) is 13.5. The Bertz CT molecular complexity index is 673. The second kappa shape index (κ2) is 7.02. The lowest BCUT2D eigenvalue weighted by Gasteiger charge is -2.34. The number of hydrogen-bond donors (Lipinski definition) is 3. The number of rotatable bonds is 3. The number of nitrogens with zero attached hydrogens (tertiary/aromatic N) is 2. The second-order valence-corrected chi connectivity index (χ2v) is 6.58. The van der Waals surface area contributed by atoms with Crippen LogP contribution < -0.4 is 4.74 Å². The molecule has 0 aromatic carbocycles. The van der Waals surface area contributed by atoms with Crippen molar-refractivity contribution in [3.8, 4) is 17.0 Å². The number of thioether (sulfide) groups is 1. The van der Waals surface area contributed by atoms with Crippen LogP contribution in [0.5, 0.6) is 5.75 Å². The largest absolute Gasteiger partial charge is 0.475 e. The van der Waals surface area contributed by atoms with E-state index < -0.39 is 23.7 Å². The molecule has 1 aliphatic rings. The highest BCUT2D eigenvalue weighted by Gasteiger charge is 2.38. The highest BCUT2D eigenvalue weighted by molar-refractivity contribution is 7.99. The van der Waals surface area contributed by atoms with Crippen molar-refractivity contribution in [2.75, 3.05) is 5.75 Å². The van der Waals surface area contributed by atoms with E-state index in [-0.39, 0.29) is 0 Å². The fourth-order valence-electron chi connectivity index (χ4n) is 2.20. The van der Waals surface area contributed by atoms with Gasteiger partial charge in [-0.3, -0.25) is 4.98 Å². The lowest BCUT2D eigenvalue weighted by molar-refractivity contribution is -0.0786. The highest BCUT2D eigenvalue weighted by atomic mass is 35.5. The Kier molecular flexibility index (Phi) is 5.03. The average molecular weight is 355 g/mol. The molecule has 23 heavy (non-hydrogen) atoms. The smallest absolute Gasteiger partial charge is 0.173 e. The van der Waals surface area contributed by atoms with Crippen LogP contribution in [-0.4, -0.2) is 54.8 Å². The van der Waals surface area contributed by atoms with Crippen LogP contribution in [0.15, 0.2) is 36.7 Å². The first-order chi connectivity index (χ1) is 11.1. The van der Waals surface area contributed by atoms with E-state index in [2.05, 4.69) is 9.97 Å². The first kappa shape index (κ1) is 16.5. The van der Waals surface area contributed by atoms with E-state index in [1.165, 1.54) is 18.0 Å². The van der Waals surface area contributed by atoms with E-state index in [1.54, 1.807) is 24.4 Å². The summed E-state index contributed by atoms with van der Waals surface area (Å²) in [5.41, 5.74) is 0.706. The molecule has 0 bridgehead atoms. The second-order valence-electron chi connectivity index (χ2n) is 5.09. The van der Waals surface area contributed by atoms with Crippen LogP contribution in [0.4, 0.5) is 0 Å². The number of ether oxygens (including phenoxy) is 1. The van der Waals surface area contributed by atoms with Gasteiger partial charge in [0.2, 0.25) is 0 Å². The van der Waals surface area contributed by atoms with Gasteiger partial charge in [0.25, 0.3) is 0 Å². The van der Waals surface area contributed by atoms with Crippen molar-refractivity contribution < 1.29 is 20.1 Å². The minimum atomic E-state index is -1.22. The van der Waals surface area contributed by atoms with Crippen molar-refractivity contribution in [3.63, 3.8) is 0 Å². The molecule has 6 nitrogen and oxygen atoms in total. The molecule has 2 aromatic heterocycles. The molecule has 0 unspecified atom stereocenters. The standard InChI is InChI=1S/C15H15ClN2O4S/c16-14-9(2-1-5-17-14)10-4-3-8(6-18-10)22-15-13(21)12(20)11(19)7-23-15/h1-6,11-13,15,19-21H,7H2/t11-,12+,13-,15+/m1/s1. The van der Waals surface area contributed by atoms with Crippen molar-refractivity contribution in [1.29, 1.82) is 0 Å². The first-order valence-electron chi connectivity index (χ1n) is 6.95. The maximum atomic E-state index is 9.94. The molecular weight excluding hydrogens is 340 g/mol. The van der Waals surface area contributed by atoms with Gasteiger partial charge in [0.1, 0.15) is 23.1 Å². The van der Waals surface area contributed by atoms with E-state index >= 15 is 0 Å². The molecule has 1 saturated heterocycles. The van der Waals surface area contributed by atoms with Crippen LogP contribution in [0.2, 0.25) is 5.15 Å². The summed E-state index contributed by atoms with van der Waals surface area (Å²) in [6.45, 7) is 0. The summed E-state index contributed by atoms with van der Waals surface area (Å²) in [7, 11) is 0. The molecule has 0 spiro atoms. The van der Waals surface area contributed by atoms with Gasteiger partial charge in [0.15, 0.2) is 5.44 Å². The first-order valence-corrected chi connectivity index (χ1v) is 8.38. The predicted molar refractivity (Wildman–Crippen MR) is 87.4 cm³/mol. The topological polar surface area (TPSA) is 95.7 Å². The summed E-state index contributed by atoms with van der Waals surface area (Å²) < 4.78 is 5.64. The zero-order chi connectivity index (χ0) is 16.4. The summed E-state index contributed by atoms with van der Waals surface area (Å²) in [6.07, 6.45) is -0.226. The number of hydrogen-bond acceptors (Lipinski definition) is 7. The maximum Gasteiger partial charge on any atom is 0.173 e. The van der Waals surface area contributed by atoms with Crippen molar-refractivity contribution in [2.24, 2.45) is 0 Å². The Hall–Kier alpha value is -1.38. The van der Waals surface area contributed by atoms with Crippen molar-refractivity contribution in [1.82, 2.24) is 9.97 Å². The van der Waals surface area contributed by atoms with Crippen LogP contribution in [0.1, 0.15) is 0 Å². The molecule has 3 N–H and O–H groups in total. The normalized spacial score (nSPS) is 27.7. The van der Waals surface area contributed by atoms with Crippen LogP contribution >= 0.6 is 23.4 Å². The van der Waals surface area contributed by atoms with E-state index in [1.807, 2.05) is 6.07 Å². The minimum absolute atomic E-state index is 0.291. The van der Waals surface area contributed by atoms with E-state index in [9.17, 15) is 15.3 Å². The fourth-order valence-corrected chi connectivity index (χ4v) is 3.54. The van der Waals surface area contributed by atoms with Crippen LogP contribution in [-0.2, 0) is 0 Å². The third-order valence-corrected chi connectivity index (χ3v) is 5.02. The van der Waals surface area contributed by atoms with Gasteiger partial charge in [0, 0.05) is 17.5 Å². The Morgan fingerprint density at radius 3 is 2.65 bits per heavy atom. The van der Waals surface area contributed by atoms with Gasteiger partial charge in [-0.1, -0.05) is 11.6 Å². The Morgan fingerprint density at radius 2 is 1.96 bits per heavy atom. The Morgan fingerprint density at radius 1 is 1.13 bits per heavy atom. The van der Waals surface area contributed by atoms with E-state index in [4.69, 9.17) is 16.3 Å². The quantitative estimate of drug-likeness (QED) is 0.715. The van der Waals surface area contributed by atoms with Crippen LogP contribution in [0.3, 0.4) is 0 Å². The Balaban J connectivity index is 1.72. The van der Waals surface area contributed by atoms with Gasteiger partial charge in [0.05, 0.1) is 18.0 Å². The third kappa shape index (κ3) is 3.59. The number of aliphatic hydroxyl groups excluding tert-OH is 3. The number of pyridine rings is 2. The third-order valence-electron chi connectivity index (χ3n) is 3.48. The molecule has 1 aliphatic heterocycles. The minimum Gasteiger partial charge on any atom is -0.475 e. The molecular formula is C15H15ClN2O4S. The number of aromatic nitrogens is 2. The average Bonchev–Trinajstić information content (AvgIpc) is 2.57. The monoisotopic (exact) mass is 354 g/mol. The van der Waals surface area contributed by atoms with Crippen molar-refractivity contribution in [3.05, 3.63) is 41.8 Å². The van der Waals surface area contributed by atoms with Crippen LogP contribution in [0, 0.1) is 0 Å². The summed E-state index contributed by atoms with van der Waals surface area (Å²) in [5.74, 6) is 0.744. The molecule has 8 heteroatoms. The van der Waals surface area contributed by atoms with Crippen molar-refractivity contribution in [2.45, 2.75) is 23.7 Å². The summed E-state index contributed by atoms with van der Waals surface area (Å²) in [4.78, 5) is 8.29. The summed E-state index contributed by atoms with van der Waals surface area (Å²) in [5, 5.41) is 29.5. The van der Waals surface area contributed by atoms with Gasteiger partial charge in [-0.05, 0) is 24.3 Å². The van der Waals surface area contributed by atoms with Gasteiger partial charge >= 0.3 is 0 Å². The molecule has 4 atom stereocenters. The molecule has 1 fully saturated rings. The molecule has 0 amide bonds. The molecule has 3 rings (SSSR count). The fraction of sp³-hybridized carbons (Fsp3) is 0.333. The highest BCUT2D eigenvalue weighted by Crippen LogP contribution is 2.30. The van der Waals surface area contributed by atoms with Crippen LogP contribution in [0.25, 0.3) is 11.3 Å². The summed E-state index contributed by atoms with van der Waals surface area (Å²) >= 11 is 7.27. The van der Waals surface area contributed by atoms with E-state index in [0.717, 1.165) is 0 Å². The molecule has 0 saturated carbocycles. The van der Waals surface area contributed by atoms with Gasteiger partial charge < -0.3 is 20.1 Å². The van der Waals surface area contributed by atoms with Crippen molar-refractivity contribution >= 4 is 23.4 Å². The Labute approximate surface area is 142 Å². The van der Waals surface area contributed by atoms with Gasteiger partial charge in [-0.25, -0.2) is 4.98 Å². The molecule has 2 aromatic rings.